The number of para-hydroxylation sites is 4. The van der Waals surface area contributed by atoms with Crippen LogP contribution < -0.4 is 10.6 Å². The number of hydrogen-bond acceptors (Lipinski definition) is 2. The average Bonchev–Trinajstić information content (AvgIpc) is 3.58. The van der Waals surface area contributed by atoms with Gasteiger partial charge in [0.25, 0.3) is 0 Å². The highest BCUT2D eigenvalue weighted by Gasteiger charge is 2.35. The van der Waals surface area contributed by atoms with Crippen molar-refractivity contribution in [1.29, 1.82) is 0 Å². The van der Waals surface area contributed by atoms with Gasteiger partial charge in [-0.1, -0.05) is 153 Å². The maximum absolute atomic E-state index is 3.95. The first-order valence-electron chi connectivity index (χ1n) is 19.2. The number of benzene rings is 7. The van der Waals surface area contributed by atoms with Gasteiger partial charge in [0.1, 0.15) is 6.17 Å². The smallest absolute Gasteiger partial charge is 0.124 e. The van der Waals surface area contributed by atoms with Gasteiger partial charge in [-0.2, -0.15) is 0 Å². The Labute approximate surface area is 322 Å². The quantitative estimate of drug-likeness (QED) is 0.173. The number of rotatable bonds is 7. The van der Waals surface area contributed by atoms with Gasteiger partial charge < -0.3 is 15.2 Å². The maximum atomic E-state index is 3.95. The molecule has 1 aliphatic heterocycles. The Hall–Kier alpha value is -6.84. The summed E-state index contributed by atoms with van der Waals surface area (Å²) in [7, 11) is 0. The van der Waals surface area contributed by atoms with Crippen molar-refractivity contribution in [3.63, 3.8) is 0 Å². The molecule has 1 aliphatic carbocycles. The van der Waals surface area contributed by atoms with E-state index in [1.54, 1.807) is 0 Å². The molecule has 1 aromatic heterocycles. The Morgan fingerprint density at radius 2 is 1.25 bits per heavy atom. The van der Waals surface area contributed by atoms with Crippen LogP contribution in [0, 0.1) is 5.41 Å². The molecule has 8 aromatic rings. The third-order valence-corrected chi connectivity index (χ3v) is 11.4. The van der Waals surface area contributed by atoms with Crippen LogP contribution in [0.3, 0.4) is 0 Å². The SMILES string of the molecule is CC1(C2=CC(n3c4ccccc4c4cc(-c5cccc(-c6ccccc6Nc6ccccc6)c5)ccc43)Nc3ccccc32)C=CC=C(c2ccccc2)C1. The van der Waals surface area contributed by atoms with Gasteiger partial charge in [0.05, 0.1) is 11.0 Å². The minimum atomic E-state index is -0.178. The van der Waals surface area contributed by atoms with E-state index < -0.39 is 0 Å². The molecule has 0 bridgehead atoms. The summed E-state index contributed by atoms with van der Waals surface area (Å²) in [4.78, 5) is 0. The molecule has 0 amide bonds. The summed E-state index contributed by atoms with van der Waals surface area (Å²) in [5, 5.41) is 10.1. The van der Waals surface area contributed by atoms with Crippen LogP contribution in [0.5, 0.6) is 0 Å². The van der Waals surface area contributed by atoms with Gasteiger partial charge in [-0.05, 0) is 94.4 Å². The summed E-state index contributed by atoms with van der Waals surface area (Å²) in [6.07, 6.45) is 10.3. The van der Waals surface area contributed by atoms with Crippen LogP contribution in [-0.2, 0) is 0 Å². The van der Waals surface area contributed by atoms with Gasteiger partial charge in [-0.25, -0.2) is 0 Å². The molecular weight excluding hydrogens is 667 g/mol. The van der Waals surface area contributed by atoms with E-state index in [0.717, 1.165) is 23.5 Å². The number of allylic oxidation sites excluding steroid dienone is 5. The lowest BCUT2D eigenvalue weighted by Crippen LogP contribution is -2.26. The average molecular weight is 708 g/mol. The molecule has 2 unspecified atom stereocenters. The predicted octanol–water partition coefficient (Wildman–Crippen LogP) is 13.9. The lowest BCUT2D eigenvalue weighted by atomic mass is 9.69. The summed E-state index contributed by atoms with van der Waals surface area (Å²) in [6.45, 7) is 2.40. The highest BCUT2D eigenvalue weighted by molar-refractivity contribution is 6.10. The summed E-state index contributed by atoms with van der Waals surface area (Å²) < 4.78 is 2.50. The standard InChI is InChI=1S/C52H41N3/c1-52(31-15-20-40(35-52)36-16-4-2-5-17-36)46-34-51(54-48-27-12-9-25-44(46)48)55-49-28-13-10-24-43(49)45-33-38(29-30-50(45)55)37-18-14-19-39(32-37)42-23-8-11-26-47(42)53-41-21-6-3-7-22-41/h2-34,51,53-54H,35H2,1H3. The summed E-state index contributed by atoms with van der Waals surface area (Å²) in [6, 6.07) is 63.3. The number of hydrogen-bond donors (Lipinski definition) is 2. The first-order chi connectivity index (χ1) is 27.1. The van der Waals surface area contributed by atoms with Crippen LogP contribution >= 0.6 is 0 Å². The van der Waals surface area contributed by atoms with Crippen LogP contribution in [0.15, 0.2) is 200 Å². The Morgan fingerprint density at radius 3 is 2.13 bits per heavy atom. The fourth-order valence-electron chi connectivity index (χ4n) is 8.72. The normalized spacial score (nSPS) is 17.7. The summed E-state index contributed by atoms with van der Waals surface area (Å²) in [5.41, 5.74) is 15.6. The van der Waals surface area contributed by atoms with E-state index in [-0.39, 0.29) is 11.6 Å². The zero-order chi connectivity index (χ0) is 36.8. The van der Waals surface area contributed by atoms with E-state index in [1.165, 1.54) is 66.3 Å². The molecule has 2 N–H and O–H groups in total. The van der Waals surface area contributed by atoms with Crippen molar-refractivity contribution in [3.8, 4) is 22.3 Å². The maximum Gasteiger partial charge on any atom is 0.124 e. The third kappa shape index (κ3) is 5.95. The van der Waals surface area contributed by atoms with Crippen LogP contribution in [0.2, 0.25) is 0 Å². The molecule has 2 atom stereocenters. The zero-order valence-electron chi connectivity index (χ0n) is 30.8. The van der Waals surface area contributed by atoms with Gasteiger partial charge in [0, 0.05) is 44.4 Å². The van der Waals surface area contributed by atoms with Crippen molar-refractivity contribution >= 4 is 50.0 Å². The molecular formula is C52H41N3. The minimum Gasteiger partial charge on any atom is -0.361 e. The molecule has 2 heterocycles. The molecule has 55 heavy (non-hydrogen) atoms. The second kappa shape index (κ2) is 13.5. The Morgan fingerprint density at radius 1 is 0.582 bits per heavy atom. The second-order valence-corrected chi connectivity index (χ2v) is 15.0. The van der Waals surface area contributed by atoms with Crippen molar-refractivity contribution in [2.45, 2.75) is 19.5 Å². The van der Waals surface area contributed by atoms with Crippen LogP contribution in [-0.4, -0.2) is 4.57 Å². The van der Waals surface area contributed by atoms with Crippen molar-refractivity contribution in [2.24, 2.45) is 5.41 Å². The second-order valence-electron chi connectivity index (χ2n) is 15.0. The largest absolute Gasteiger partial charge is 0.361 e. The molecule has 0 fully saturated rings. The van der Waals surface area contributed by atoms with Gasteiger partial charge in [0.15, 0.2) is 0 Å². The lowest BCUT2D eigenvalue weighted by Gasteiger charge is -2.38. The van der Waals surface area contributed by atoms with Crippen LogP contribution in [0.4, 0.5) is 17.1 Å². The highest BCUT2D eigenvalue weighted by Crippen LogP contribution is 2.51. The van der Waals surface area contributed by atoms with Crippen LogP contribution in [0.1, 0.15) is 30.6 Å². The zero-order valence-corrected chi connectivity index (χ0v) is 30.8. The van der Waals surface area contributed by atoms with E-state index in [2.05, 4.69) is 216 Å². The topological polar surface area (TPSA) is 29.0 Å². The molecule has 2 aliphatic rings. The monoisotopic (exact) mass is 707 g/mol. The first kappa shape index (κ1) is 32.8. The summed E-state index contributed by atoms with van der Waals surface area (Å²) >= 11 is 0. The van der Waals surface area contributed by atoms with Gasteiger partial charge in [-0.3, -0.25) is 0 Å². The van der Waals surface area contributed by atoms with Crippen molar-refractivity contribution < 1.29 is 0 Å². The third-order valence-electron chi connectivity index (χ3n) is 11.4. The fourth-order valence-corrected chi connectivity index (χ4v) is 8.72. The van der Waals surface area contributed by atoms with Gasteiger partial charge in [0.2, 0.25) is 0 Å². The molecule has 0 radical (unpaired) electrons. The molecule has 0 saturated carbocycles. The molecule has 0 saturated heterocycles. The number of fused-ring (bicyclic) bond motifs is 4. The first-order valence-corrected chi connectivity index (χ1v) is 19.2. The van der Waals surface area contributed by atoms with E-state index in [4.69, 9.17) is 0 Å². The van der Waals surface area contributed by atoms with Crippen molar-refractivity contribution in [1.82, 2.24) is 4.57 Å². The number of aromatic nitrogens is 1. The molecule has 0 spiro atoms. The van der Waals surface area contributed by atoms with Gasteiger partial charge >= 0.3 is 0 Å². The fraction of sp³-hybridized carbons (Fsp3) is 0.0769. The van der Waals surface area contributed by atoms with Gasteiger partial charge in [-0.15, -0.1) is 0 Å². The minimum absolute atomic E-state index is 0.0774. The molecule has 3 nitrogen and oxygen atoms in total. The molecule has 10 rings (SSSR count). The van der Waals surface area contributed by atoms with E-state index in [0.29, 0.717) is 0 Å². The van der Waals surface area contributed by atoms with E-state index in [1.807, 2.05) is 6.07 Å². The molecule has 264 valence electrons. The lowest BCUT2D eigenvalue weighted by molar-refractivity contribution is 0.577. The van der Waals surface area contributed by atoms with Crippen molar-refractivity contribution in [2.75, 3.05) is 10.6 Å². The van der Waals surface area contributed by atoms with E-state index in [9.17, 15) is 0 Å². The predicted molar refractivity (Wildman–Crippen MR) is 233 cm³/mol. The number of nitrogens with one attached hydrogen (secondary N) is 2. The molecule has 7 aromatic carbocycles. The Bertz CT molecular complexity index is 2800. The van der Waals surface area contributed by atoms with Crippen molar-refractivity contribution in [3.05, 3.63) is 211 Å². The summed E-state index contributed by atoms with van der Waals surface area (Å²) in [5.74, 6) is 0. The van der Waals surface area contributed by atoms with E-state index >= 15 is 0 Å². The van der Waals surface area contributed by atoms with Crippen LogP contribution in [0.25, 0.3) is 55.2 Å². The Kier molecular flexibility index (Phi) is 8.07. The number of anilines is 3. The number of nitrogens with zero attached hydrogens (tertiary/aromatic N) is 1. The molecule has 3 heteroatoms. The Balaban J connectivity index is 1.06. The highest BCUT2D eigenvalue weighted by atomic mass is 15.2.